The third-order valence-electron chi connectivity index (χ3n) is 2.88. The molecule has 0 saturated heterocycles. The average molecular weight is 282 g/mol. The summed E-state index contributed by atoms with van der Waals surface area (Å²) in [6.07, 6.45) is 0.596. The monoisotopic (exact) mass is 281 g/mol. The number of ether oxygens (including phenoxy) is 1. The van der Waals surface area contributed by atoms with Gasteiger partial charge in [-0.05, 0) is 18.2 Å². The number of hydrogen-bond donors (Lipinski definition) is 0. The van der Waals surface area contributed by atoms with E-state index in [1.165, 1.54) is 12.1 Å². The van der Waals surface area contributed by atoms with Gasteiger partial charge in [-0.1, -0.05) is 35.3 Å². The summed E-state index contributed by atoms with van der Waals surface area (Å²) < 4.78 is 19.0. The zero-order chi connectivity index (χ0) is 12.7. The highest BCUT2D eigenvalue weighted by Gasteiger charge is 2.21. The maximum Gasteiger partial charge on any atom is 0.140 e. The highest BCUT2D eigenvalue weighted by molar-refractivity contribution is 6.43. The molecule has 4 heteroatoms. The number of benzene rings is 2. The Labute approximate surface area is 114 Å². The van der Waals surface area contributed by atoms with Crippen LogP contribution in [0.25, 0.3) is 11.1 Å². The van der Waals surface area contributed by atoms with Crippen LogP contribution in [-0.2, 0) is 6.42 Å². The van der Waals surface area contributed by atoms with Crippen molar-refractivity contribution in [2.75, 3.05) is 0 Å². The zero-order valence-electron chi connectivity index (χ0n) is 9.21. The highest BCUT2D eigenvalue weighted by Crippen LogP contribution is 2.42. The summed E-state index contributed by atoms with van der Waals surface area (Å²) >= 11 is 12.1. The van der Waals surface area contributed by atoms with Crippen LogP contribution in [0.4, 0.5) is 4.39 Å². The lowest BCUT2D eigenvalue weighted by Crippen LogP contribution is -1.89. The number of hydrogen-bond acceptors (Lipinski definition) is 1. The van der Waals surface area contributed by atoms with Gasteiger partial charge in [0.15, 0.2) is 0 Å². The van der Waals surface area contributed by atoms with Crippen molar-refractivity contribution in [3.63, 3.8) is 0 Å². The molecule has 1 aliphatic heterocycles. The Hall–Kier alpha value is -1.25. The fourth-order valence-electron chi connectivity index (χ4n) is 2.07. The molecule has 0 saturated carbocycles. The predicted octanol–water partition coefficient (Wildman–Crippen LogP) is 4.90. The van der Waals surface area contributed by atoms with Crippen molar-refractivity contribution < 1.29 is 9.13 Å². The van der Waals surface area contributed by atoms with Crippen LogP contribution in [0.1, 0.15) is 5.56 Å². The third kappa shape index (κ3) is 1.86. The Morgan fingerprint density at radius 1 is 1.11 bits per heavy atom. The van der Waals surface area contributed by atoms with E-state index in [1.54, 1.807) is 24.8 Å². The van der Waals surface area contributed by atoms with Crippen LogP contribution in [0.2, 0.25) is 10.0 Å². The van der Waals surface area contributed by atoms with Gasteiger partial charge in [0.1, 0.15) is 18.2 Å². The normalized spacial score (nSPS) is 13.3. The number of rotatable bonds is 1. The van der Waals surface area contributed by atoms with Crippen molar-refractivity contribution in [3.05, 3.63) is 58.4 Å². The summed E-state index contributed by atoms with van der Waals surface area (Å²) in [5, 5.41) is 0.844. The van der Waals surface area contributed by atoms with E-state index in [2.05, 4.69) is 0 Å². The fourth-order valence-corrected chi connectivity index (χ4v) is 2.47. The summed E-state index contributed by atoms with van der Waals surface area (Å²) in [6.45, 7) is 1.64. The van der Waals surface area contributed by atoms with Gasteiger partial charge >= 0.3 is 0 Å². The second-order valence-corrected chi connectivity index (χ2v) is 4.82. The van der Waals surface area contributed by atoms with Gasteiger partial charge in [-0.15, -0.1) is 0 Å². The van der Waals surface area contributed by atoms with Crippen LogP contribution >= 0.6 is 23.2 Å². The summed E-state index contributed by atoms with van der Waals surface area (Å²) in [5.74, 6) is 0.347. The summed E-state index contributed by atoms with van der Waals surface area (Å²) in [4.78, 5) is 0. The first kappa shape index (κ1) is 11.8. The predicted molar refractivity (Wildman–Crippen MR) is 70.5 cm³/mol. The average Bonchev–Trinajstić information content (AvgIpc) is 2.79. The maximum atomic E-state index is 13.6. The molecule has 0 atom stereocenters. The first-order chi connectivity index (χ1) is 8.66. The van der Waals surface area contributed by atoms with Crippen molar-refractivity contribution in [2.24, 2.45) is 0 Å². The molecule has 2 aromatic carbocycles. The molecule has 0 aromatic heterocycles. The molecule has 0 amide bonds. The van der Waals surface area contributed by atoms with Gasteiger partial charge in [0.25, 0.3) is 0 Å². The minimum atomic E-state index is -0.307. The first-order valence-corrected chi connectivity index (χ1v) is 6.17. The summed E-state index contributed by atoms with van der Waals surface area (Å²) in [7, 11) is 0. The molecule has 0 unspecified atom stereocenters. The molecule has 0 bridgehead atoms. The van der Waals surface area contributed by atoms with E-state index in [0.717, 1.165) is 5.56 Å². The van der Waals surface area contributed by atoms with Gasteiger partial charge < -0.3 is 4.74 Å². The molecule has 91 valence electrons. The molecule has 0 spiro atoms. The molecular weight excluding hydrogens is 274 g/mol. The van der Waals surface area contributed by atoms with E-state index in [9.17, 15) is 4.39 Å². The van der Waals surface area contributed by atoms with E-state index in [1.807, 2.05) is 0 Å². The van der Waals surface area contributed by atoms with Crippen molar-refractivity contribution >= 4 is 23.2 Å². The van der Waals surface area contributed by atoms with E-state index >= 15 is 0 Å². The van der Waals surface area contributed by atoms with E-state index in [0.29, 0.717) is 33.3 Å². The summed E-state index contributed by atoms with van der Waals surface area (Å²) in [6, 6.07) is 8.15. The van der Waals surface area contributed by atoms with Crippen LogP contribution in [0.15, 0.2) is 30.3 Å². The second-order valence-electron chi connectivity index (χ2n) is 4.03. The van der Waals surface area contributed by atoms with Gasteiger partial charge in [-0.2, -0.15) is 0 Å². The number of halogens is 3. The van der Waals surface area contributed by atoms with E-state index in [4.69, 9.17) is 27.9 Å². The molecule has 3 rings (SSSR count). The van der Waals surface area contributed by atoms with Gasteiger partial charge in [0.05, 0.1) is 10.0 Å². The van der Waals surface area contributed by atoms with Gasteiger partial charge in [0, 0.05) is 23.1 Å². The molecule has 0 aliphatic carbocycles. The first-order valence-electron chi connectivity index (χ1n) is 5.42. The second kappa shape index (κ2) is 4.45. The Balaban J connectivity index is 2.26. The standard InChI is InChI=1S/C14H8Cl2FO/c15-12-3-1-2-10(13(12)16)11-7-9(17)6-8-4-5-18-14(8)11/h1-3,5-7H,4H2. The Morgan fingerprint density at radius 3 is 2.78 bits per heavy atom. The SMILES string of the molecule is Fc1cc2c(c(-c3cccc(Cl)c3Cl)c1)O[CH]C2. The van der Waals surface area contributed by atoms with Crippen molar-refractivity contribution in [1.29, 1.82) is 0 Å². The Morgan fingerprint density at radius 2 is 1.94 bits per heavy atom. The fraction of sp³-hybridized carbons (Fsp3) is 0.0714. The number of fused-ring (bicyclic) bond motifs is 1. The molecule has 1 aliphatic rings. The lowest BCUT2D eigenvalue weighted by Gasteiger charge is -2.10. The smallest absolute Gasteiger partial charge is 0.140 e. The largest absolute Gasteiger partial charge is 0.485 e. The zero-order valence-corrected chi connectivity index (χ0v) is 10.7. The molecule has 0 fully saturated rings. The van der Waals surface area contributed by atoms with Crippen molar-refractivity contribution in [1.82, 2.24) is 0 Å². The van der Waals surface area contributed by atoms with Gasteiger partial charge in [-0.3, -0.25) is 0 Å². The minimum absolute atomic E-state index is 0.307. The summed E-state index contributed by atoms with van der Waals surface area (Å²) in [5.41, 5.74) is 2.13. The Kier molecular flexibility index (Phi) is 2.92. The van der Waals surface area contributed by atoms with Gasteiger partial charge in [0.2, 0.25) is 0 Å². The molecule has 18 heavy (non-hydrogen) atoms. The van der Waals surface area contributed by atoms with Crippen LogP contribution < -0.4 is 4.74 Å². The van der Waals surface area contributed by atoms with E-state index < -0.39 is 0 Å². The van der Waals surface area contributed by atoms with Crippen LogP contribution in [-0.4, -0.2) is 0 Å². The molecule has 1 radical (unpaired) electrons. The van der Waals surface area contributed by atoms with Crippen LogP contribution in [0.5, 0.6) is 5.75 Å². The third-order valence-corrected chi connectivity index (χ3v) is 3.70. The maximum absolute atomic E-state index is 13.6. The van der Waals surface area contributed by atoms with E-state index in [-0.39, 0.29) is 5.82 Å². The van der Waals surface area contributed by atoms with Gasteiger partial charge in [-0.25, -0.2) is 4.39 Å². The topological polar surface area (TPSA) is 9.23 Å². The van der Waals surface area contributed by atoms with Crippen molar-refractivity contribution in [2.45, 2.75) is 6.42 Å². The highest BCUT2D eigenvalue weighted by atomic mass is 35.5. The quantitative estimate of drug-likeness (QED) is 0.723. The van der Waals surface area contributed by atoms with Crippen molar-refractivity contribution in [3.8, 4) is 16.9 Å². The molecule has 1 heterocycles. The lowest BCUT2D eigenvalue weighted by atomic mass is 10.0. The molecule has 1 nitrogen and oxygen atoms in total. The minimum Gasteiger partial charge on any atom is -0.485 e. The van der Waals surface area contributed by atoms with Crippen LogP contribution in [0.3, 0.4) is 0 Å². The molecule has 0 N–H and O–H groups in total. The van der Waals surface area contributed by atoms with Crippen LogP contribution in [0, 0.1) is 12.4 Å². The lowest BCUT2D eigenvalue weighted by molar-refractivity contribution is 0.436. The Bertz CT molecular complexity index is 625. The molecule has 2 aromatic rings. The molecular formula is C14H8Cl2FO.